The summed E-state index contributed by atoms with van der Waals surface area (Å²) in [6.07, 6.45) is 0.778. The first-order valence-electron chi connectivity index (χ1n) is 7.64. The summed E-state index contributed by atoms with van der Waals surface area (Å²) in [5.74, 6) is 0.833. The highest BCUT2D eigenvalue weighted by molar-refractivity contribution is 5.73. The van der Waals surface area contributed by atoms with Gasteiger partial charge in [0.25, 0.3) is 0 Å². The van der Waals surface area contributed by atoms with Crippen LogP contribution in [0.1, 0.15) is 16.7 Å². The monoisotopic (exact) mass is 313 g/mol. The number of carbonyl (C=O) groups is 1. The highest BCUT2D eigenvalue weighted by atomic mass is 16.5. The molecule has 0 heterocycles. The van der Waals surface area contributed by atoms with E-state index in [2.05, 4.69) is 10.6 Å². The first-order chi connectivity index (χ1) is 11.2. The van der Waals surface area contributed by atoms with Gasteiger partial charge in [0.05, 0.1) is 7.11 Å². The SMILES string of the molecule is COc1ccc(CCNC(=O)NCc2cccc(CN)c2)cc1. The third-order valence-electron chi connectivity index (χ3n) is 3.54. The van der Waals surface area contributed by atoms with E-state index in [0.29, 0.717) is 19.6 Å². The Morgan fingerprint density at radius 1 is 1.04 bits per heavy atom. The molecule has 0 spiro atoms. The van der Waals surface area contributed by atoms with E-state index in [0.717, 1.165) is 28.9 Å². The van der Waals surface area contributed by atoms with Crippen molar-refractivity contribution in [1.82, 2.24) is 10.6 Å². The maximum Gasteiger partial charge on any atom is 0.315 e. The van der Waals surface area contributed by atoms with Crippen molar-refractivity contribution < 1.29 is 9.53 Å². The van der Waals surface area contributed by atoms with Gasteiger partial charge in [-0.25, -0.2) is 4.79 Å². The zero-order chi connectivity index (χ0) is 16.5. The molecule has 0 saturated heterocycles. The fourth-order valence-corrected chi connectivity index (χ4v) is 2.22. The Hall–Kier alpha value is -2.53. The van der Waals surface area contributed by atoms with Gasteiger partial charge in [0, 0.05) is 19.6 Å². The van der Waals surface area contributed by atoms with E-state index in [9.17, 15) is 4.79 Å². The molecular weight excluding hydrogens is 290 g/mol. The van der Waals surface area contributed by atoms with Gasteiger partial charge in [-0.1, -0.05) is 36.4 Å². The average molecular weight is 313 g/mol. The van der Waals surface area contributed by atoms with Crippen molar-refractivity contribution in [1.29, 1.82) is 0 Å². The summed E-state index contributed by atoms with van der Waals surface area (Å²) in [6.45, 7) is 1.57. The smallest absolute Gasteiger partial charge is 0.315 e. The zero-order valence-electron chi connectivity index (χ0n) is 13.3. The van der Waals surface area contributed by atoms with Gasteiger partial charge >= 0.3 is 6.03 Å². The molecule has 0 aliphatic rings. The second-order valence-corrected chi connectivity index (χ2v) is 5.23. The third kappa shape index (κ3) is 5.64. The summed E-state index contributed by atoms with van der Waals surface area (Å²) >= 11 is 0. The zero-order valence-corrected chi connectivity index (χ0v) is 13.3. The molecule has 5 nitrogen and oxygen atoms in total. The number of hydrogen-bond acceptors (Lipinski definition) is 3. The van der Waals surface area contributed by atoms with E-state index in [1.807, 2.05) is 48.5 Å². The molecule has 0 fully saturated rings. The molecule has 5 heteroatoms. The standard InChI is InChI=1S/C18H23N3O2/c1-23-17-7-5-14(6-8-17)9-10-20-18(22)21-13-16-4-2-3-15(11-16)12-19/h2-8,11H,9-10,12-13,19H2,1H3,(H2,20,21,22). The van der Waals surface area contributed by atoms with Gasteiger partial charge in [-0.15, -0.1) is 0 Å². The number of carbonyl (C=O) groups excluding carboxylic acids is 1. The maximum absolute atomic E-state index is 11.8. The Kier molecular flexibility index (Phi) is 6.44. The number of amides is 2. The normalized spacial score (nSPS) is 10.2. The molecule has 2 amide bonds. The van der Waals surface area contributed by atoms with Crippen LogP contribution in [-0.4, -0.2) is 19.7 Å². The minimum absolute atomic E-state index is 0.170. The molecular formula is C18H23N3O2. The Balaban J connectivity index is 1.70. The molecule has 0 bridgehead atoms. The summed E-state index contributed by atoms with van der Waals surface area (Å²) < 4.78 is 5.11. The van der Waals surface area contributed by atoms with Crippen LogP contribution in [-0.2, 0) is 19.5 Å². The van der Waals surface area contributed by atoms with Crippen LogP contribution < -0.4 is 21.1 Å². The van der Waals surface area contributed by atoms with Crippen molar-refractivity contribution in [2.24, 2.45) is 5.73 Å². The topological polar surface area (TPSA) is 76.4 Å². The first kappa shape index (κ1) is 16.8. The van der Waals surface area contributed by atoms with E-state index >= 15 is 0 Å². The van der Waals surface area contributed by atoms with Crippen LogP contribution >= 0.6 is 0 Å². The van der Waals surface area contributed by atoms with Gasteiger partial charge in [-0.2, -0.15) is 0 Å². The van der Waals surface area contributed by atoms with E-state index in [1.54, 1.807) is 7.11 Å². The van der Waals surface area contributed by atoms with E-state index in [4.69, 9.17) is 10.5 Å². The Morgan fingerprint density at radius 3 is 2.48 bits per heavy atom. The van der Waals surface area contributed by atoms with Crippen molar-refractivity contribution in [2.45, 2.75) is 19.5 Å². The first-order valence-corrected chi connectivity index (χ1v) is 7.64. The van der Waals surface area contributed by atoms with Crippen LogP contribution in [0.4, 0.5) is 4.79 Å². The maximum atomic E-state index is 11.8. The number of hydrogen-bond donors (Lipinski definition) is 3. The molecule has 0 aliphatic heterocycles. The number of nitrogens with one attached hydrogen (secondary N) is 2. The molecule has 0 radical (unpaired) electrons. The molecule has 0 atom stereocenters. The quantitative estimate of drug-likeness (QED) is 0.733. The lowest BCUT2D eigenvalue weighted by Crippen LogP contribution is -2.36. The fraction of sp³-hybridized carbons (Fsp3) is 0.278. The molecule has 0 saturated carbocycles. The lowest BCUT2D eigenvalue weighted by Gasteiger charge is -2.09. The Labute approximate surface area is 136 Å². The number of nitrogens with two attached hydrogens (primary N) is 1. The van der Waals surface area contributed by atoms with Crippen LogP contribution in [0.5, 0.6) is 5.75 Å². The molecule has 0 aliphatic carbocycles. The van der Waals surface area contributed by atoms with Crippen LogP contribution in [0.25, 0.3) is 0 Å². The van der Waals surface area contributed by atoms with E-state index in [1.165, 1.54) is 0 Å². The second-order valence-electron chi connectivity index (χ2n) is 5.23. The molecule has 23 heavy (non-hydrogen) atoms. The van der Waals surface area contributed by atoms with Crippen molar-refractivity contribution in [2.75, 3.05) is 13.7 Å². The molecule has 0 aromatic heterocycles. The molecule has 2 aromatic rings. The highest BCUT2D eigenvalue weighted by Gasteiger charge is 2.01. The predicted octanol–water partition coefficient (Wildman–Crippen LogP) is 2.20. The van der Waals surface area contributed by atoms with E-state index in [-0.39, 0.29) is 6.03 Å². The number of rotatable bonds is 7. The third-order valence-corrected chi connectivity index (χ3v) is 3.54. The van der Waals surface area contributed by atoms with Crippen molar-refractivity contribution >= 4 is 6.03 Å². The number of urea groups is 1. The lowest BCUT2D eigenvalue weighted by atomic mass is 10.1. The van der Waals surface area contributed by atoms with Gasteiger partial charge in [0.1, 0.15) is 5.75 Å². The van der Waals surface area contributed by atoms with Gasteiger partial charge in [-0.3, -0.25) is 0 Å². The van der Waals surface area contributed by atoms with Gasteiger partial charge in [0.2, 0.25) is 0 Å². The van der Waals surface area contributed by atoms with E-state index < -0.39 is 0 Å². The molecule has 122 valence electrons. The summed E-state index contributed by atoms with van der Waals surface area (Å²) in [5, 5.41) is 5.70. The van der Waals surface area contributed by atoms with Crippen LogP contribution in [0.2, 0.25) is 0 Å². The number of ether oxygens (including phenoxy) is 1. The van der Waals surface area contributed by atoms with Crippen molar-refractivity contribution in [3.63, 3.8) is 0 Å². The van der Waals surface area contributed by atoms with Crippen molar-refractivity contribution in [3.8, 4) is 5.75 Å². The van der Waals surface area contributed by atoms with Crippen LogP contribution in [0, 0.1) is 0 Å². The predicted molar refractivity (Wildman–Crippen MR) is 91.3 cm³/mol. The Morgan fingerprint density at radius 2 is 1.78 bits per heavy atom. The largest absolute Gasteiger partial charge is 0.497 e. The molecule has 2 rings (SSSR count). The van der Waals surface area contributed by atoms with Crippen molar-refractivity contribution in [3.05, 3.63) is 65.2 Å². The molecule has 4 N–H and O–H groups in total. The summed E-state index contributed by atoms with van der Waals surface area (Å²) in [6, 6.07) is 15.5. The van der Waals surface area contributed by atoms with Gasteiger partial charge < -0.3 is 21.1 Å². The average Bonchev–Trinajstić information content (AvgIpc) is 2.61. The minimum Gasteiger partial charge on any atom is -0.497 e. The summed E-state index contributed by atoms with van der Waals surface area (Å²) in [5.41, 5.74) is 8.86. The number of benzene rings is 2. The van der Waals surface area contributed by atoms with Gasteiger partial charge in [0.15, 0.2) is 0 Å². The van der Waals surface area contributed by atoms with Crippen LogP contribution in [0.3, 0.4) is 0 Å². The summed E-state index contributed by atoms with van der Waals surface area (Å²) in [4.78, 5) is 11.8. The fourth-order valence-electron chi connectivity index (χ4n) is 2.22. The highest BCUT2D eigenvalue weighted by Crippen LogP contribution is 2.11. The number of methoxy groups -OCH3 is 1. The minimum atomic E-state index is -0.170. The summed E-state index contributed by atoms with van der Waals surface area (Å²) in [7, 11) is 1.64. The lowest BCUT2D eigenvalue weighted by molar-refractivity contribution is 0.240. The Bertz CT molecular complexity index is 626. The van der Waals surface area contributed by atoms with Gasteiger partial charge in [-0.05, 0) is 35.2 Å². The molecule has 2 aromatic carbocycles. The van der Waals surface area contributed by atoms with Crippen LogP contribution in [0.15, 0.2) is 48.5 Å². The second kappa shape index (κ2) is 8.80. The molecule has 0 unspecified atom stereocenters.